The maximum Gasteiger partial charge on any atom is 0.472 e. The Balaban J connectivity index is 4.69. The van der Waals surface area contributed by atoms with Gasteiger partial charge in [-0.3, -0.25) is 23.4 Å². The lowest BCUT2D eigenvalue weighted by molar-refractivity contribution is -0.161. The molecule has 11 nitrogen and oxygen atoms in total. The molecule has 3 atom stereocenters. The molecule has 0 aliphatic heterocycles. The summed E-state index contributed by atoms with van der Waals surface area (Å²) in [6, 6.07) is 0. The van der Waals surface area contributed by atoms with Gasteiger partial charge < -0.3 is 24.2 Å². The molecule has 0 rings (SSSR count). The van der Waals surface area contributed by atoms with Gasteiger partial charge in [-0.25, -0.2) is 4.57 Å². The van der Waals surface area contributed by atoms with Crippen molar-refractivity contribution in [1.82, 2.24) is 0 Å². The molecule has 3 unspecified atom stereocenters. The fraction of sp³-hybridized carbons (Fsp3) is 0.827. The minimum Gasteiger partial charge on any atom is -0.462 e. The van der Waals surface area contributed by atoms with Crippen molar-refractivity contribution in [2.24, 2.45) is 0 Å². The lowest BCUT2D eigenvalue weighted by Gasteiger charge is -2.21. The maximum atomic E-state index is 12.8. The Kier molecular flexibility index (Phi) is 45.5. The van der Waals surface area contributed by atoms with E-state index >= 15 is 0 Å². The number of unbranched alkanes of at least 4 members (excludes halogenated alkanes) is 25. The van der Waals surface area contributed by atoms with Crippen LogP contribution in [-0.2, 0) is 42.2 Å². The minimum atomic E-state index is -4.73. The molecule has 12 heteroatoms. The number of hydrogen-bond donors (Lipinski definition) is 2. The van der Waals surface area contributed by atoms with Gasteiger partial charge in [0.25, 0.3) is 0 Å². The molecule has 2 N–H and O–H groups in total. The lowest BCUT2D eigenvalue weighted by Crippen LogP contribution is -2.30. The van der Waals surface area contributed by atoms with E-state index in [-0.39, 0.29) is 25.9 Å². The highest BCUT2D eigenvalue weighted by atomic mass is 31.2. The van der Waals surface area contributed by atoms with Gasteiger partial charge in [0.15, 0.2) is 6.10 Å². The van der Waals surface area contributed by atoms with E-state index in [1.807, 2.05) is 0 Å². The Labute approximate surface area is 390 Å². The zero-order valence-electron chi connectivity index (χ0n) is 41.0. The fourth-order valence-electron chi connectivity index (χ4n) is 7.07. The van der Waals surface area contributed by atoms with Gasteiger partial charge in [-0.15, -0.1) is 0 Å². The highest BCUT2D eigenvalue weighted by Crippen LogP contribution is 2.43. The van der Waals surface area contributed by atoms with Crippen LogP contribution < -0.4 is 0 Å². The second-order valence-corrected chi connectivity index (χ2v) is 18.8. The number of rotatable bonds is 48. The largest absolute Gasteiger partial charge is 0.472 e. The Hall–Kier alpha value is -2.30. The highest BCUT2D eigenvalue weighted by molar-refractivity contribution is 7.47. The lowest BCUT2D eigenvalue weighted by atomic mass is 10.1. The summed E-state index contributed by atoms with van der Waals surface area (Å²) in [6.45, 7) is 4.55. The van der Waals surface area contributed by atoms with E-state index in [0.717, 1.165) is 89.9 Å². The van der Waals surface area contributed by atoms with Crippen molar-refractivity contribution in [1.29, 1.82) is 0 Å². The number of phosphoric ester groups is 1. The molecule has 0 spiro atoms. The molecule has 64 heavy (non-hydrogen) atoms. The summed E-state index contributed by atoms with van der Waals surface area (Å²) in [7, 11) is -4.73. The molecule has 0 aromatic carbocycles. The van der Waals surface area contributed by atoms with Crippen molar-refractivity contribution in [3.63, 3.8) is 0 Å². The first kappa shape index (κ1) is 61.7. The number of ether oxygens (including phenoxy) is 3. The quantitative estimate of drug-likeness (QED) is 0.0197. The first-order valence-electron chi connectivity index (χ1n) is 25.9. The van der Waals surface area contributed by atoms with Crippen molar-refractivity contribution < 1.29 is 52.2 Å². The Morgan fingerprint density at radius 3 is 1.20 bits per heavy atom. The molecule has 0 saturated carbocycles. The molecule has 0 saturated heterocycles. The van der Waals surface area contributed by atoms with Crippen LogP contribution in [0.25, 0.3) is 0 Å². The summed E-state index contributed by atoms with van der Waals surface area (Å²) in [5.41, 5.74) is 0. The molecule has 0 aliphatic carbocycles. The number of carbonyl (C=O) groups is 3. The number of hydrogen-bond acceptors (Lipinski definition) is 10. The number of phosphoric acid groups is 1. The van der Waals surface area contributed by atoms with Gasteiger partial charge in [0.1, 0.15) is 12.7 Å². The summed E-state index contributed by atoms with van der Waals surface area (Å²) in [5.74, 6) is -1.47. The third-order valence-corrected chi connectivity index (χ3v) is 12.0. The predicted molar refractivity (Wildman–Crippen MR) is 261 cm³/mol. The topological polar surface area (TPSA) is 155 Å². The van der Waals surface area contributed by atoms with Crippen molar-refractivity contribution >= 4 is 25.7 Å². The fourth-order valence-corrected chi connectivity index (χ4v) is 7.85. The van der Waals surface area contributed by atoms with E-state index in [4.69, 9.17) is 23.3 Å². The van der Waals surface area contributed by atoms with Crippen LogP contribution in [0.3, 0.4) is 0 Å². The van der Waals surface area contributed by atoms with E-state index < -0.39 is 57.8 Å². The molecular weight excluding hydrogens is 832 g/mol. The van der Waals surface area contributed by atoms with Crippen molar-refractivity contribution in [2.75, 3.05) is 26.4 Å². The second kappa shape index (κ2) is 47.2. The SMILES string of the molecule is CCCCC/C=C\C/C=C\C/C=C\CCCCCCCCC(=O)OC(COC(=O)CCCCCCCCCCC)COP(=O)(O)OCC(CO)OC(=O)CCCCCCCCCCC. The van der Waals surface area contributed by atoms with Gasteiger partial charge in [0.2, 0.25) is 0 Å². The maximum absolute atomic E-state index is 12.8. The third-order valence-electron chi connectivity index (χ3n) is 11.1. The zero-order valence-corrected chi connectivity index (χ0v) is 41.9. The van der Waals surface area contributed by atoms with E-state index in [1.54, 1.807) is 0 Å². The predicted octanol–water partition coefficient (Wildman–Crippen LogP) is 14.5. The molecular formula is C52H95O11P. The highest BCUT2D eigenvalue weighted by Gasteiger charge is 2.28. The summed E-state index contributed by atoms with van der Waals surface area (Å²) in [5, 5.41) is 9.73. The Morgan fingerprint density at radius 1 is 0.438 bits per heavy atom. The molecule has 0 heterocycles. The monoisotopic (exact) mass is 927 g/mol. The summed E-state index contributed by atoms with van der Waals surface area (Å²) in [6.07, 6.45) is 45.6. The average Bonchev–Trinajstić information content (AvgIpc) is 3.28. The third kappa shape index (κ3) is 44.9. The van der Waals surface area contributed by atoms with E-state index in [9.17, 15) is 28.9 Å². The second-order valence-electron chi connectivity index (χ2n) is 17.3. The van der Waals surface area contributed by atoms with Crippen LogP contribution in [0, 0.1) is 0 Å². The van der Waals surface area contributed by atoms with Crippen molar-refractivity contribution in [2.45, 2.75) is 251 Å². The number of carbonyl (C=O) groups excluding carboxylic acids is 3. The minimum absolute atomic E-state index is 0.156. The van der Waals surface area contributed by atoms with Crippen LogP contribution in [0.4, 0.5) is 0 Å². The summed E-state index contributed by atoms with van der Waals surface area (Å²) in [4.78, 5) is 48.1. The van der Waals surface area contributed by atoms with Crippen LogP contribution >= 0.6 is 7.82 Å². The molecule has 0 radical (unpaired) electrons. The van der Waals surface area contributed by atoms with Gasteiger partial charge in [0, 0.05) is 19.3 Å². The van der Waals surface area contributed by atoms with E-state index in [1.165, 1.54) is 89.9 Å². The summed E-state index contributed by atoms with van der Waals surface area (Å²) >= 11 is 0. The first-order chi connectivity index (χ1) is 31.2. The van der Waals surface area contributed by atoms with Gasteiger partial charge in [0.05, 0.1) is 19.8 Å². The molecule has 374 valence electrons. The van der Waals surface area contributed by atoms with Crippen LogP contribution in [0.2, 0.25) is 0 Å². The van der Waals surface area contributed by atoms with Crippen LogP contribution in [0.5, 0.6) is 0 Å². The van der Waals surface area contributed by atoms with Crippen LogP contribution in [0.15, 0.2) is 36.5 Å². The Morgan fingerprint density at radius 2 is 0.766 bits per heavy atom. The molecule has 0 aromatic heterocycles. The van der Waals surface area contributed by atoms with Crippen molar-refractivity contribution in [3.8, 4) is 0 Å². The number of aliphatic hydroxyl groups excluding tert-OH is 1. The number of allylic oxidation sites excluding steroid dienone is 6. The van der Waals surface area contributed by atoms with Crippen LogP contribution in [-0.4, -0.2) is 66.5 Å². The molecule has 0 fully saturated rings. The molecule has 0 aromatic rings. The van der Waals surface area contributed by atoms with Gasteiger partial charge in [-0.05, 0) is 57.8 Å². The summed E-state index contributed by atoms with van der Waals surface area (Å²) < 4.78 is 39.2. The number of esters is 3. The zero-order chi connectivity index (χ0) is 47.0. The first-order valence-corrected chi connectivity index (χ1v) is 27.4. The standard InChI is InChI=1S/C52H95O11P/c1-4-7-10-13-16-19-20-21-22-23-24-25-26-27-28-31-34-37-40-43-52(56)63-49(45-59-50(54)41-38-35-32-29-17-14-11-8-5-2)47-61-64(57,58)60-46-48(44-53)62-51(55)42-39-36-33-30-18-15-12-9-6-3/h16,19,21-22,24-25,48-49,53H,4-15,17-18,20,23,26-47H2,1-3H3,(H,57,58)/b19-16-,22-21-,25-24-. The Bertz CT molecular complexity index is 1220. The van der Waals surface area contributed by atoms with Crippen molar-refractivity contribution in [3.05, 3.63) is 36.5 Å². The van der Waals surface area contributed by atoms with E-state index in [2.05, 4.69) is 57.2 Å². The van der Waals surface area contributed by atoms with Crippen LogP contribution in [0.1, 0.15) is 239 Å². The number of aliphatic hydroxyl groups is 1. The van der Waals surface area contributed by atoms with Gasteiger partial charge >= 0.3 is 25.7 Å². The molecule has 0 amide bonds. The van der Waals surface area contributed by atoms with Gasteiger partial charge in [-0.1, -0.05) is 198 Å². The normalized spacial score (nSPS) is 13.8. The van der Waals surface area contributed by atoms with E-state index in [0.29, 0.717) is 19.3 Å². The smallest absolute Gasteiger partial charge is 0.462 e. The molecule has 0 bridgehead atoms. The average molecular weight is 927 g/mol. The van der Waals surface area contributed by atoms with Gasteiger partial charge in [-0.2, -0.15) is 0 Å². The molecule has 0 aliphatic rings.